The summed E-state index contributed by atoms with van der Waals surface area (Å²) in [4.78, 5) is 0. The fourth-order valence-electron chi connectivity index (χ4n) is 1.62. The molecule has 4 nitrogen and oxygen atoms in total. The molecule has 0 radical (unpaired) electrons. The molecule has 0 saturated carbocycles. The number of benzene rings is 1. The molecule has 0 aliphatic rings. The molecule has 0 spiro atoms. The van der Waals surface area contributed by atoms with Crippen LogP contribution in [0.2, 0.25) is 5.02 Å². The van der Waals surface area contributed by atoms with E-state index in [-0.39, 0.29) is 0 Å². The van der Waals surface area contributed by atoms with E-state index in [2.05, 4.69) is 15.7 Å². The third kappa shape index (κ3) is 3.68. The van der Waals surface area contributed by atoms with Crippen LogP contribution >= 0.6 is 23.8 Å². The van der Waals surface area contributed by atoms with Crippen LogP contribution in [0.3, 0.4) is 0 Å². The maximum Gasteiger partial charge on any atom is 0.175 e. The van der Waals surface area contributed by atoms with Crippen LogP contribution < -0.4 is 10.6 Å². The molecule has 1 aromatic heterocycles. The highest BCUT2D eigenvalue weighted by Gasteiger charge is 2.05. The highest BCUT2D eigenvalue weighted by molar-refractivity contribution is 7.80. The number of anilines is 2. The number of nitrogens with zero attached hydrogens (tertiary/aromatic N) is 2. The standard InChI is InChI=1S/C13H15ClN4S/c1-3-18-8-12(9(2)17-18)16-13(19)15-11-6-4-10(14)5-7-11/h4-8H,3H2,1-2H3,(H2,15,16,19). The lowest BCUT2D eigenvalue weighted by molar-refractivity contribution is 0.653. The van der Waals surface area contributed by atoms with Gasteiger partial charge in [0.05, 0.1) is 11.4 Å². The van der Waals surface area contributed by atoms with E-state index in [4.69, 9.17) is 23.8 Å². The van der Waals surface area contributed by atoms with Gasteiger partial charge >= 0.3 is 0 Å². The second kappa shape index (κ2) is 6.04. The summed E-state index contributed by atoms with van der Waals surface area (Å²) in [5.74, 6) is 0. The molecule has 2 aromatic rings. The van der Waals surface area contributed by atoms with Crippen LogP contribution in [-0.4, -0.2) is 14.9 Å². The molecule has 0 fully saturated rings. The Morgan fingerprint density at radius 1 is 1.32 bits per heavy atom. The fraction of sp³-hybridized carbons (Fsp3) is 0.231. The van der Waals surface area contributed by atoms with Crippen molar-refractivity contribution in [2.45, 2.75) is 20.4 Å². The summed E-state index contributed by atoms with van der Waals surface area (Å²) in [6.07, 6.45) is 1.94. The molecule has 19 heavy (non-hydrogen) atoms. The number of rotatable bonds is 3. The molecule has 6 heteroatoms. The topological polar surface area (TPSA) is 41.9 Å². The molecule has 2 N–H and O–H groups in total. The normalized spacial score (nSPS) is 10.3. The van der Waals surface area contributed by atoms with E-state index in [1.807, 2.05) is 49.0 Å². The summed E-state index contributed by atoms with van der Waals surface area (Å²) in [7, 11) is 0. The van der Waals surface area contributed by atoms with Gasteiger partial charge < -0.3 is 10.6 Å². The Kier molecular flexibility index (Phi) is 4.39. The molecular formula is C13H15ClN4S. The van der Waals surface area contributed by atoms with Gasteiger partial charge in [0.25, 0.3) is 0 Å². The number of hydrogen-bond donors (Lipinski definition) is 2. The number of aryl methyl sites for hydroxylation is 2. The minimum Gasteiger partial charge on any atom is -0.332 e. The lowest BCUT2D eigenvalue weighted by Gasteiger charge is -2.09. The van der Waals surface area contributed by atoms with E-state index in [0.29, 0.717) is 10.1 Å². The molecule has 1 aromatic carbocycles. The zero-order valence-electron chi connectivity index (χ0n) is 10.8. The van der Waals surface area contributed by atoms with Crippen molar-refractivity contribution < 1.29 is 0 Å². The number of hydrogen-bond acceptors (Lipinski definition) is 2. The maximum absolute atomic E-state index is 5.83. The summed E-state index contributed by atoms with van der Waals surface area (Å²) >= 11 is 11.1. The second-order valence-electron chi connectivity index (χ2n) is 4.07. The molecule has 0 saturated heterocycles. The molecule has 2 rings (SSSR count). The molecule has 0 aliphatic heterocycles. The van der Waals surface area contributed by atoms with E-state index >= 15 is 0 Å². The number of thiocarbonyl (C=S) groups is 1. The Hall–Kier alpha value is -1.59. The van der Waals surface area contributed by atoms with Crippen molar-refractivity contribution >= 4 is 40.3 Å². The quantitative estimate of drug-likeness (QED) is 0.848. The van der Waals surface area contributed by atoms with Gasteiger partial charge in [-0.3, -0.25) is 4.68 Å². The van der Waals surface area contributed by atoms with Gasteiger partial charge in [0.1, 0.15) is 0 Å². The zero-order chi connectivity index (χ0) is 13.8. The highest BCUT2D eigenvalue weighted by atomic mass is 35.5. The molecule has 0 unspecified atom stereocenters. The summed E-state index contributed by atoms with van der Waals surface area (Å²) in [5, 5.41) is 11.8. The molecule has 100 valence electrons. The fourth-order valence-corrected chi connectivity index (χ4v) is 1.97. The first-order chi connectivity index (χ1) is 9.08. The van der Waals surface area contributed by atoms with Crippen molar-refractivity contribution in [3.63, 3.8) is 0 Å². The molecule has 1 heterocycles. The van der Waals surface area contributed by atoms with Crippen LogP contribution in [0.4, 0.5) is 11.4 Å². The van der Waals surface area contributed by atoms with Gasteiger partial charge in [-0.05, 0) is 50.3 Å². The zero-order valence-corrected chi connectivity index (χ0v) is 12.3. The monoisotopic (exact) mass is 294 g/mol. The predicted octanol–water partition coefficient (Wildman–Crippen LogP) is 3.67. The molecule has 0 amide bonds. The summed E-state index contributed by atoms with van der Waals surface area (Å²) in [5.41, 5.74) is 2.72. The SMILES string of the molecule is CCn1cc(NC(=S)Nc2ccc(Cl)cc2)c(C)n1. The van der Waals surface area contributed by atoms with Crippen LogP contribution in [0.25, 0.3) is 0 Å². The van der Waals surface area contributed by atoms with Gasteiger partial charge in [0.2, 0.25) is 0 Å². The Balaban J connectivity index is 2.00. The summed E-state index contributed by atoms with van der Waals surface area (Å²) in [6.45, 7) is 4.82. The Morgan fingerprint density at radius 2 is 2.00 bits per heavy atom. The third-order valence-electron chi connectivity index (χ3n) is 2.62. The molecule has 0 bridgehead atoms. The van der Waals surface area contributed by atoms with E-state index in [1.54, 1.807) is 0 Å². The van der Waals surface area contributed by atoms with Crippen molar-refractivity contribution in [1.29, 1.82) is 0 Å². The van der Waals surface area contributed by atoms with Crippen molar-refractivity contribution in [1.82, 2.24) is 9.78 Å². The van der Waals surface area contributed by atoms with E-state index < -0.39 is 0 Å². The minimum atomic E-state index is 0.529. The summed E-state index contributed by atoms with van der Waals surface area (Å²) in [6, 6.07) is 7.37. The van der Waals surface area contributed by atoms with E-state index in [0.717, 1.165) is 23.6 Å². The molecule has 0 aliphatic carbocycles. The van der Waals surface area contributed by atoms with Crippen molar-refractivity contribution in [3.8, 4) is 0 Å². The minimum absolute atomic E-state index is 0.529. The Morgan fingerprint density at radius 3 is 2.58 bits per heavy atom. The smallest absolute Gasteiger partial charge is 0.175 e. The van der Waals surface area contributed by atoms with Crippen LogP contribution in [0.15, 0.2) is 30.5 Å². The number of halogens is 1. The van der Waals surface area contributed by atoms with Gasteiger partial charge in [0, 0.05) is 23.5 Å². The Bertz CT molecular complexity index is 577. The maximum atomic E-state index is 5.83. The largest absolute Gasteiger partial charge is 0.332 e. The van der Waals surface area contributed by atoms with E-state index in [9.17, 15) is 0 Å². The lowest BCUT2D eigenvalue weighted by Crippen LogP contribution is -2.19. The number of aromatic nitrogens is 2. The van der Waals surface area contributed by atoms with E-state index in [1.165, 1.54) is 0 Å². The first-order valence-electron chi connectivity index (χ1n) is 5.96. The average molecular weight is 295 g/mol. The van der Waals surface area contributed by atoms with Gasteiger partial charge in [-0.25, -0.2) is 0 Å². The first kappa shape index (κ1) is 13.8. The van der Waals surface area contributed by atoms with Crippen LogP contribution in [-0.2, 0) is 6.54 Å². The first-order valence-corrected chi connectivity index (χ1v) is 6.74. The summed E-state index contributed by atoms with van der Waals surface area (Å²) < 4.78 is 1.86. The molecule has 0 atom stereocenters. The third-order valence-corrected chi connectivity index (χ3v) is 3.08. The second-order valence-corrected chi connectivity index (χ2v) is 4.91. The van der Waals surface area contributed by atoms with Gasteiger partial charge in [0.15, 0.2) is 5.11 Å². The lowest BCUT2D eigenvalue weighted by atomic mass is 10.3. The van der Waals surface area contributed by atoms with Crippen LogP contribution in [0, 0.1) is 6.92 Å². The number of nitrogens with one attached hydrogen (secondary N) is 2. The molecular weight excluding hydrogens is 280 g/mol. The highest BCUT2D eigenvalue weighted by Crippen LogP contribution is 2.15. The van der Waals surface area contributed by atoms with Gasteiger partial charge in [-0.2, -0.15) is 5.10 Å². The van der Waals surface area contributed by atoms with Gasteiger partial charge in [-0.1, -0.05) is 11.6 Å². The van der Waals surface area contributed by atoms with Gasteiger partial charge in [-0.15, -0.1) is 0 Å². The van der Waals surface area contributed by atoms with Crippen LogP contribution in [0.5, 0.6) is 0 Å². The van der Waals surface area contributed by atoms with Crippen LogP contribution in [0.1, 0.15) is 12.6 Å². The van der Waals surface area contributed by atoms with Crippen molar-refractivity contribution in [2.75, 3.05) is 10.6 Å². The van der Waals surface area contributed by atoms with Crippen molar-refractivity contribution in [3.05, 3.63) is 41.2 Å². The average Bonchev–Trinajstić information content (AvgIpc) is 2.73. The predicted molar refractivity (Wildman–Crippen MR) is 83.9 cm³/mol. The Labute approximate surface area is 122 Å². The van der Waals surface area contributed by atoms with Crippen molar-refractivity contribution in [2.24, 2.45) is 0 Å².